The van der Waals surface area contributed by atoms with Gasteiger partial charge >= 0.3 is 5.97 Å². The largest absolute Gasteiger partial charge is 0.459 e. The summed E-state index contributed by atoms with van der Waals surface area (Å²) in [7, 11) is 0. The predicted octanol–water partition coefficient (Wildman–Crippen LogP) is 5.08. The summed E-state index contributed by atoms with van der Waals surface area (Å²) in [6.07, 6.45) is 5.53. The average molecular weight is 314 g/mol. The summed E-state index contributed by atoms with van der Waals surface area (Å²) in [5.41, 5.74) is -0.123. The Hall–Kier alpha value is -0.570. The molecule has 0 saturated carbocycles. The molecule has 0 aliphatic heterocycles. The zero-order chi connectivity index (χ0) is 17.6. The third-order valence-corrected chi connectivity index (χ3v) is 3.22. The molecule has 0 radical (unpaired) electrons. The number of carbonyl (C=O) groups excluding carboxylic acids is 1. The van der Waals surface area contributed by atoms with Crippen LogP contribution < -0.4 is 5.32 Å². The van der Waals surface area contributed by atoms with Gasteiger partial charge in [0.1, 0.15) is 11.6 Å². The minimum atomic E-state index is -0.429. The highest BCUT2D eigenvalue weighted by atomic mass is 16.6. The minimum absolute atomic E-state index is 0.0903. The van der Waals surface area contributed by atoms with Gasteiger partial charge in [-0.15, -0.1) is 0 Å². The van der Waals surface area contributed by atoms with Crippen molar-refractivity contribution in [1.29, 1.82) is 0 Å². The van der Waals surface area contributed by atoms with Crippen LogP contribution in [0.25, 0.3) is 0 Å². The highest BCUT2D eigenvalue weighted by Crippen LogP contribution is 2.23. The van der Waals surface area contributed by atoms with E-state index in [2.05, 4.69) is 46.9 Å². The summed E-state index contributed by atoms with van der Waals surface area (Å²) in [5.74, 6) is -0.127. The Morgan fingerprint density at radius 3 is 1.86 bits per heavy atom. The van der Waals surface area contributed by atoms with E-state index in [1.807, 2.05) is 20.8 Å². The van der Waals surface area contributed by atoms with E-state index in [4.69, 9.17) is 4.74 Å². The van der Waals surface area contributed by atoms with Crippen LogP contribution >= 0.6 is 0 Å². The quantitative estimate of drug-likeness (QED) is 0.526. The third kappa shape index (κ3) is 13.1. The maximum atomic E-state index is 12.4. The summed E-state index contributed by atoms with van der Waals surface area (Å²) in [5, 5.41) is 3.41. The molecule has 0 heterocycles. The first kappa shape index (κ1) is 21.4. The second kappa shape index (κ2) is 8.33. The zero-order valence-corrected chi connectivity index (χ0v) is 16.4. The molecule has 0 bridgehead atoms. The first-order valence-electron chi connectivity index (χ1n) is 8.70. The van der Waals surface area contributed by atoms with Crippen molar-refractivity contribution in [1.82, 2.24) is 5.32 Å². The van der Waals surface area contributed by atoms with Gasteiger partial charge in [-0.2, -0.15) is 0 Å². The first-order valence-corrected chi connectivity index (χ1v) is 8.70. The molecule has 0 aromatic heterocycles. The lowest BCUT2D eigenvalue weighted by atomic mass is 9.89. The molecule has 0 fully saturated rings. The van der Waals surface area contributed by atoms with Crippen LogP contribution in [0.1, 0.15) is 94.4 Å². The van der Waals surface area contributed by atoms with Crippen LogP contribution in [0.4, 0.5) is 0 Å². The lowest BCUT2D eigenvalue weighted by Gasteiger charge is -2.30. The molecule has 3 nitrogen and oxygen atoms in total. The number of hydrogen-bond donors (Lipinski definition) is 1. The van der Waals surface area contributed by atoms with E-state index in [1.165, 1.54) is 19.3 Å². The smallest absolute Gasteiger partial charge is 0.323 e. The molecule has 0 rings (SSSR count). The van der Waals surface area contributed by atoms with Crippen LogP contribution in [-0.2, 0) is 9.53 Å². The van der Waals surface area contributed by atoms with Gasteiger partial charge in [0.05, 0.1) is 0 Å². The van der Waals surface area contributed by atoms with Crippen LogP contribution in [0.5, 0.6) is 0 Å². The molecule has 0 aromatic carbocycles. The lowest BCUT2D eigenvalue weighted by Crippen LogP contribution is -2.49. The molecule has 0 aliphatic rings. The van der Waals surface area contributed by atoms with Crippen molar-refractivity contribution in [3.8, 4) is 0 Å². The van der Waals surface area contributed by atoms with Crippen molar-refractivity contribution in [3.63, 3.8) is 0 Å². The molecule has 0 saturated heterocycles. The predicted molar refractivity (Wildman–Crippen MR) is 95.1 cm³/mol. The molecule has 1 atom stereocenters. The number of hydrogen-bond acceptors (Lipinski definition) is 3. The molecule has 0 spiro atoms. The standard InChI is InChI=1S/C19H39NO2/c1-17(2,3)14-12-10-11-13-15(20-18(4,5)6)16(21)22-19(7,8)9/h15,20H,10-14H2,1-9H3. The Morgan fingerprint density at radius 2 is 1.45 bits per heavy atom. The van der Waals surface area contributed by atoms with E-state index in [-0.39, 0.29) is 17.6 Å². The fraction of sp³-hybridized carbons (Fsp3) is 0.947. The van der Waals surface area contributed by atoms with Crippen molar-refractivity contribution >= 4 is 5.97 Å². The Kier molecular flexibility index (Phi) is 8.11. The van der Waals surface area contributed by atoms with E-state index in [9.17, 15) is 4.79 Å². The van der Waals surface area contributed by atoms with Gasteiger partial charge in [0.15, 0.2) is 0 Å². The average Bonchev–Trinajstić information content (AvgIpc) is 2.21. The van der Waals surface area contributed by atoms with Crippen molar-refractivity contribution in [2.45, 2.75) is 112 Å². The topological polar surface area (TPSA) is 38.3 Å². The van der Waals surface area contributed by atoms with Crippen LogP contribution in [0.15, 0.2) is 0 Å². The molecular weight excluding hydrogens is 274 g/mol. The zero-order valence-electron chi connectivity index (χ0n) is 16.4. The van der Waals surface area contributed by atoms with E-state index in [0.29, 0.717) is 5.41 Å². The van der Waals surface area contributed by atoms with Gasteiger partial charge in [0, 0.05) is 5.54 Å². The van der Waals surface area contributed by atoms with Gasteiger partial charge in [-0.25, -0.2) is 0 Å². The molecular formula is C19H39NO2. The number of ether oxygens (including phenoxy) is 1. The van der Waals surface area contributed by atoms with Crippen molar-refractivity contribution in [2.24, 2.45) is 5.41 Å². The van der Waals surface area contributed by atoms with Crippen LogP contribution in [0.2, 0.25) is 0 Å². The van der Waals surface area contributed by atoms with Gasteiger partial charge in [-0.1, -0.05) is 40.0 Å². The lowest BCUT2D eigenvalue weighted by molar-refractivity contribution is -0.158. The Labute approximate surface area is 138 Å². The second-order valence-corrected chi connectivity index (χ2v) is 9.64. The molecule has 1 N–H and O–H groups in total. The number of unbranched alkanes of at least 4 members (excludes halogenated alkanes) is 2. The first-order chi connectivity index (χ1) is 9.70. The summed E-state index contributed by atoms with van der Waals surface area (Å²) in [6, 6.07) is -0.214. The Bertz CT molecular complexity index is 329. The van der Waals surface area contributed by atoms with Gasteiger partial charge in [0.25, 0.3) is 0 Å². The van der Waals surface area contributed by atoms with Gasteiger partial charge in [-0.3, -0.25) is 10.1 Å². The van der Waals surface area contributed by atoms with Crippen molar-refractivity contribution in [2.75, 3.05) is 0 Å². The van der Waals surface area contributed by atoms with E-state index >= 15 is 0 Å². The van der Waals surface area contributed by atoms with Gasteiger partial charge < -0.3 is 4.74 Å². The summed E-state index contributed by atoms with van der Waals surface area (Å²) < 4.78 is 5.56. The molecule has 132 valence electrons. The van der Waals surface area contributed by atoms with Crippen molar-refractivity contribution in [3.05, 3.63) is 0 Å². The normalized spacial score (nSPS) is 14.8. The molecule has 3 heteroatoms. The SMILES string of the molecule is CC(C)(C)CCCCCC(NC(C)(C)C)C(=O)OC(C)(C)C. The molecule has 0 amide bonds. The van der Waals surface area contributed by atoms with Crippen LogP contribution in [-0.4, -0.2) is 23.2 Å². The number of carbonyl (C=O) groups is 1. The molecule has 22 heavy (non-hydrogen) atoms. The van der Waals surface area contributed by atoms with E-state index in [1.54, 1.807) is 0 Å². The van der Waals surface area contributed by atoms with Crippen LogP contribution in [0, 0.1) is 5.41 Å². The molecule has 1 unspecified atom stereocenters. The number of esters is 1. The maximum absolute atomic E-state index is 12.4. The monoisotopic (exact) mass is 313 g/mol. The van der Waals surface area contributed by atoms with E-state index < -0.39 is 5.60 Å². The Balaban J connectivity index is 4.40. The fourth-order valence-corrected chi connectivity index (χ4v) is 2.33. The summed E-state index contributed by atoms with van der Waals surface area (Å²) in [4.78, 5) is 12.4. The summed E-state index contributed by atoms with van der Waals surface area (Å²) >= 11 is 0. The van der Waals surface area contributed by atoms with Crippen molar-refractivity contribution < 1.29 is 9.53 Å². The van der Waals surface area contributed by atoms with Gasteiger partial charge in [-0.05, 0) is 59.8 Å². The molecule has 0 aliphatic carbocycles. The highest BCUT2D eigenvalue weighted by molar-refractivity contribution is 5.76. The highest BCUT2D eigenvalue weighted by Gasteiger charge is 2.28. The third-order valence-electron chi connectivity index (χ3n) is 3.22. The van der Waals surface area contributed by atoms with Gasteiger partial charge in [0.2, 0.25) is 0 Å². The summed E-state index contributed by atoms with van der Waals surface area (Å²) in [6.45, 7) is 18.8. The maximum Gasteiger partial charge on any atom is 0.323 e. The molecule has 0 aromatic rings. The second-order valence-electron chi connectivity index (χ2n) is 9.64. The number of rotatable bonds is 7. The number of nitrogens with one attached hydrogen (secondary N) is 1. The fourth-order valence-electron chi connectivity index (χ4n) is 2.33. The van der Waals surface area contributed by atoms with E-state index in [0.717, 1.165) is 12.8 Å². The Morgan fingerprint density at radius 1 is 0.909 bits per heavy atom. The minimum Gasteiger partial charge on any atom is -0.459 e. The van der Waals surface area contributed by atoms with Crippen LogP contribution in [0.3, 0.4) is 0 Å².